The predicted octanol–water partition coefficient (Wildman–Crippen LogP) is 0.862. The highest BCUT2D eigenvalue weighted by Gasteiger charge is 2.34. The molecule has 2 N–H and O–H groups in total. The van der Waals surface area contributed by atoms with Gasteiger partial charge in [0.1, 0.15) is 0 Å². The fraction of sp³-hybridized carbons (Fsp3) is 0.733. The molecule has 24 heavy (non-hydrogen) atoms. The molecule has 1 aliphatic rings. The first-order valence-corrected chi connectivity index (χ1v) is 8.08. The van der Waals surface area contributed by atoms with Gasteiger partial charge in [-0.05, 0) is 31.9 Å². The van der Waals surface area contributed by atoms with Crippen LogP contribution in [-0.4, -0.2) is 65.5 Å². The number of nitrogens with one attached hydrogen (secondary N) is 2. The molecule has 2 rings (SSSR count). The van der Waals surface area contributed by atoms with Gasteiger partial charge in [0.2, 0.25) is 5.91 Å². The summed E-state index contributed by atoms with van der Waals surface area (Å²) in [6.07, 6.45) is 0.0699. The van der Waals surface area contributed by atoms with Gasteiger partial charge in [-0.2, -0.15) is 18.3 Å². The normalized spacial score (nSPS) is 20.2. The summed E-state index contributed by atoms with van der Waals surface area (Å²) in [5.74, 6) is -0.0608. The number of hydrogen-bond donors (Lipinski definition) is 2. The maximum atomic E-state index is 12.3. The van der Waals surface area contributed by atoms with Gasteiger partial charge in [0.05, 0.1) is 19.6 Å². The Bertz CT molecular complexity index is 506. The van der Waals surface area contributed by atoms with Crippen LogP contribution >= 0.6 is 0 Å². The first-order chi connectivity index (χ1) is 11.3. The average molecular weight is 347 g/mol. The molecular weight excluding hydrogens is 323 g/mol. The van der Waals surface area contributed by atoms with Crippen molar-refractivity contribution in [1.82, 2.24) is 25.3 Å². The fourth-order valence-electron chi connectivity index (χ4n) is 2.82. The summed E-state index contributed by atoms with van der Waals surface area (Å²) in [6, 6.07) is 1.92. The van der Waals surface area contributed by atoms with Crippen molar-refractivity contribution in [3.8, 4) is 0 Å². The van der Waals surface area contributed by atoms with Crippen molar-refractivity contribution in [2.75, 3.05) is 32.7 Å². The number of alkyl halides is 3. The molecule has 0 aromatic carbocycles. The summed E-state index contributed by atoms with van der Waals surface area (Å²) >= 11 is 0. The zero-order chi connectivity index (χ0) is 17.6. The topological polar surface area (TPSA) is 62.2 Å². The quantitative estimate of drug-likeness (QED) is 0.732. The second-order valence-electron chi connectivity index (χ2n) is 6.32. The Morgan fingerprint density at radius 2 is 2.25 bits per heavy atom. The number of nitrogens with zero attached hydrogens (tertiary/aromatic N) is 3. The lowest BCUT2D eigenvalue weighted by molar-refractivity contribution is -0.143. The van der Waals surface area contributed by atoms with Crippen LogP contribution in [0.1, 0.15) is 13.3 Å². The van der Waals surface area contributed by atoms with Gasteiger partial charge >= 0.3 is 6.18 Å². The summed E-state index contributed by atoms with van der Waals surface area (Å²) in [6.45, 7) is 3.16. The lowest BCUT2D eigenvalue weighted by Crippen LogP contribution is -2.41. The first-order valence-electron chi connectivity index (χ1n) is 8.08. The zero-order valence-electron chi connectivity index (χ0n) is 13.7. The summed E-state index contributed by atoms with van der Waals surface area (Å²) in [7, 11) is 0. The fourth-order valence-corrected chi connectivity index (χ4v) is 2.82. The predicted molar refractivity (Wildman–Crippen MR) is 83.3 cm³/mol. The van der Waals surface area contributed by atoms with Crippen molar-refractivity contribution in [1.29, 1.82) is 0 Å². The number of carbonyl (C=O) groups is 1. The zero-order valence-corrected chi connectivity index (χ0v) is 13.7. The Labute approximate surface area is 139 Å². The van der Waals surface area contributed by atoms with Crippen LogP contribution in [0.4, 0.5) is 13.2 Å². The molecule has 9 heteroatoms. The molecule has 0 bridgehead atoms. The van der Waals surface area contributed by atoms with Gasteiger partial charge in [0, 0.05) is 31.5 Å². The SMILES string of the molecule is C[C@H](Cn1cccn1)NCC(=O)NC[C@H]1CCN(CC(F)(F)F)C1. The minimum absolute atomic E-state index is 0.0813. The van der Waals surface area contributed by atoms with Crippen molar-refractivity contribution in [2.45, 2.75) is 32.1 Å². The number of hydrogen-bond acceptors (Lipinski definition) is 4. The van der Waals surface area contributed by atoms with Crippen LogP contribution in [0.2, 0.25) is 0 Å². The van der Waals surface area contributed by atoms with Crippen LogP contribution in [0.3, 0.4) is 0 Å². The Morgan fingerprint density at radius 1 is 1.46 bits per heavy atom. The highest BCUT2D eigenvalue weighted by molar-refractivity contribution is 5.78. The van der Waals surface area contributed by atoms with Gasteiger partial charge in [-0.1, -0.05) is 0 Å². The van der Waals surface area contributed by atoms with Crippen molar-refractivity contribution in [3.05, 3.63) is 18.5 Å². The van der Waals surface area contributed by atoms with E-state index < -0.39 is 12.7 Å². The van der Waals surface area contributed by atoms with Crippen LogP contribution in [0.5, 0.6) is 0 Å². The number of likely N-dealkylation sites (tertiary alicyclic amines) is 1. The van der Waals surface area contributed by atoms with E-state index in [1.807, 2.05) is 19.2 Å². The Morgan fingerprint density at radius 3 is 2.92 bits per heavy atom. The van der Waals surface area contributed by atoms with Crippen molar-refractivity contribution in [3.63, 3.8) is 0 Å². The van der Waals surface area contributed by atoms with Crippen LogP contribution in [0, 0.1) is 5.92 Å². The van der Waals surface area contributed by atoms with Gasteiger partial charge in [-0.15, -0.1) is 0 Å². The third-order valence-electron chi connectivity index (χ3n) is 3.99. The van der Waals surface area contributed by atoms with Crippen molar-refractivity contribution in [2.24, 2.45) is 5.92 Å². The minimum atomic E-state index is -4.16. The highest BCUT2D eigenvalue weighted by atomic mass is 19.4. The van der Waals surface area contributed by atoms with Crippen LogP contribution in [0.25, 0.3) is 0 Å². The van der Waals surface area contributed by atoms with E-state index in [0.717, 1.165) is 0 Å². The average Bonchev–Trinajstić information content (AvgIpc) is 3.13. The summed E-state index contributed by atoms with van der Waals surface area (Å²) in [4.78, 5) is 13.2. The maximum Gasteiger partial charge on any atom is 0.401 e. The second kappa shape index (κ2) is 8.48. The van der Waals surface area contributed by atoms with Crippen LogP contribution in [0.15, 0.2) is 18.5 Å². The van der Waals surface area contributed by atoms with E-state index in [1.165, 1.54) is 4.90 Å². The van der Waals surface area contributed by atoms with E-state index in [0.29, 0.717) is 32.6 Å². The Hall–Kier alpha value is -1.61. The minimum Gasteiger partial charge on any atom is -0.355 e. The number of rotatable bonds is 8. The lowest BCUT2D eigenvalue weighted by Gasteiger charge is -2.18. The monoisotopic (exact) mass is 347 g/mol. The number of aromatic nitrogens is 2. The van der Waals surface area contributed by atoms with E-state index in [9.17, 15) is 18.0 Å². The molecule has 1 aromatic rings. The molecule has 1 amide bonds. The van der Waals surface area contributed by atoms with Gasteiger partial charge in [0.25, 0.3) is 0 Å². The molecule has 6 nitrogen and oxygen atoms in total. The Balaban J connectivity index is 1.58. The molecule has 0 spiro atoms. The molecule has 2 heterocycles. The summed E-state index contributed by atoms with van der Waals surface area (Å²) < 4.78 is 38.8. The maximum absolute atomic E-state index is 12.3. The number of halogens is 3. The molecule has 136 valence electrons. The smallest absolute Gasteiger partial charge is 0.355 e. The summed E-state index contributed by atoms with van der Waals surface area (Å²) in [5.41, 5.74) is 0. The van der Waals surface area contributed by atoms with Crippen molar-refractivity contribution < 1.29 is 18.0 Å². The largest absolute Gasteiger partial charge is 0.401 e. The molecule has 0 saturated carbocycles. The second-order valence-corrected chi connectivity index (χ2v) is 6.32. The lowest BCUT2D eigenvalue weighted by atomic mass is 10.1. The molecule has 1 aromatic heterocycles. The van der Waals surface area contributed by atoms with E-state index in [-0.39, 0.29) is 24.4 Å². The molecular formula is C15H24F3N5O. The van der Waals surface area contributed by atoms with Gasteiger partial charge < -0.3 is 10.6 Å². The third kappa shape index (κ3) is 6.88. The van der Waals surface area contributed by atoms with Crippen LogP contribution in [-0.2, 0) is 11.3 Å². The van der Waals surface area contributed by atoms with E-state index in [2.05, 4.69) is 15.7 Å². The molecule has 1 aliphatic heterocycles. The summed E-state index contributed by atoms with van der Waals surface area (Å²) in [5, 5.41) is 9.99. The van der Waals surface area contributed by atoms with E-state index >= 15 is 0 Å². The van der Waals surface area contributed by atoms with Crippen LogP contribution < -0.4 is 10.6 Å². The molecule has 0 unspecified atom stereocenters. The molecule has 0 aliphatic carbocycles. The highest BCUT2D eigenvalue weighted by Crippen LogP contribution is 2.22. The third-order valence-corrected chi connectivity index (χ3v) is 3.99. The van der Waals surface area contributed by atoms with Crippen molar-refractivity contribution >= 4 is 5.91 Å². The van der Waals surface area contributed by atoms with Gasteiger partial charge in [0.15, 0.2) is 0 Å². The number of carbonyl (C=O) groups excluding carboxylic acids is 1. The van der Waals surface area contributed by atoms with Gasteiger partial charge in [-0.25, -0.2) is 0 Å². The molecule has 0 radical (unpaired) electrons. The van der Waals surface area contributed by atoms with E-state index in [1.54, 1.807) is 10.9 Å². The Kier molecular flexibility index (Phi) is 6.61. The first kappa shape index (κ1) is 18.7. The molecule has 2 atom stereocenters. The molecule has 1 saturated heterocycles. The van der Waals surface area contributed by atoms with E-state index in [4.69, 9.17) is 0 Å². The molecule has 1 fully saturated rings. The number of amides is 1. The van der Waals surface area contributed by atoms with Gasteiger partial charge in [-0.3, -0.25) is 14.4 Å². The standard InChI is InChI=1S/C15H24F3N5O/c1-12(9-23-5-2-4-21-23)19-8-14(24)20-7-13-3-6-22(10-13)11-15(16,17)18/h2,4-5,12-13,19H,3,6-11H2,1H3,(H,20,24)/t12-,13-/m1/s1.